The van der Waals surface area contributed by atoms with Gasteiger partial charge in [0.2, 0.25) is 0 Å². The molecule has 4 atom stereocenters. The number of fused-ring (bicyclic) bond motifs is 1. The van der Waals surface area contributed by atoms with E-state index in [1.165, 1.54) is 6.08 Å². The molecule has 0 amide bonds. The van der Waals surface area contributed by atoms with Gasteiger partial charge in [0.1, 0.15) is 24.6 Å². The first-order valence-corrected chi connectivity index (χ1v) is 14.4. The van der Waals surface area contributed by atoms with Crippen LogP contribution in [0.15, 0.2) is 67.3 Å². The van der Waals surface area contributed by atoms with E-state index >= 15 is 0 Å². The maximum Gasteiger partial charge on any atom is 0.331 e. The number of esters is 1. The summed E-state index contributed by atoms with van der Waals surface area (Å²) in [5.41, 5.74) is 4.18. The van der Waals surface area contributed by atoms with Crippen LogP contribution < -0.4 is 4.74 Å². The number of ether oxygens (including phenoxy) is 5. The van der Waals surface area contributed by atoms with Crippen LogP contribution in [0.2, 0.25) is 0 Å². The van der Waals surface area contributed by atoms with Crippen molar-refractivity contribution in [1.29, 1.82) is 0 Å². The first-order chi connectivity index (χ1) is 20.0. The fourth-order valence-corrected chi connectivity index (χ4v) is 4.84. The summed E-state index contributed by atoms with van der Waals surface area (Å²) in [6, 6.07) is 15.9. The van der Waals surface area contributed by atoms with Gasteiger partial charge in [-0.1, -0.05) is 66.6 Å². The lowest BCUT2D eigenvalue weighted by molar-refractivity contribution is -0.147. The maximum atomic E-state index is 12.5. The van der Waals surface area contributed by atoms with E-state index in [-0.39, 0.29) is 18.1 Å². The quantitative estimate of drug-likeness (QED) is 0.112. The molecule has 4 rings (SSSR count). The highest BCUT2D eigenvalue weighted by molar-refractivity contribution is 5.87. The fraction of sp³-hybridized carbons (Fsp3) is 0.400. The molecule has 0 bridgehead atoms. The summed E-state index contributed by atoms with van der Waals surface area (Å²) in [7, 11) is 0. The molecular formula is C35H40O6. The molecule has 0 unspecified atom stereocenters. The van der Waals surface area contributed by atoms with Crippen LogP contribution in [0.5, 0.6) is 5.75 Å². The van der Waals surface area contributed by atoms with Crippen LogP contribution in [0.25, 0.3) is 17.7 Å². The summed E-state index contributed by atoms with van der Waals surface area (Å²) in [6.07, 6.45) is 13.4. The van der Waals surface area contributed by atoms with Crippen LogP contribution >= 0.6 is 0 Å². The van der Waals surface area contributed by atoms with Crippen LogP contribution in [-0.4, -0.2) is 50.7 Å². The summed E-state index contributed by atoms with van der Waals surface area (Å²) in [5, 5.41) is 0. The third-order valence-electron chi connectivity index (χ3n) is 7.13. The molecule has 0 radical (unpaired) electrons. The zero-order chi connectivity index (χ0) is 28.9. The number of hydrogen-bond acceptors (Lipinski definition) is 6. The Morgan fingerprint density at radius 3 is 2.34 bits per heavy atom. The third kappa shape index (κ3) is 9.38. The molecule has 2 aromatic rings. The van der Waals surface area contributed by atoms with Crippen molar-refractivity contribution in [2.75, 3.05) is 26.4 Å². The Morgan fingerprint density at radius 2 is 1.61 bits per heavy atom. The summed E-state index contributed by atoms with van der Waals surface area (Å²) < 4.78 is 28.6. The molecule has 2 fully saturated rings. The number of unbranched alkanes of at least 4 members (excludes halogenated alkanes) is 3. The second-order valence-corrected chi connectivity index (χ2v) is 10.4. The fourth-order valence-electron chi connectivity index (χ4n) is 4.84. The van der Waals surface area contributed by atoms with Gasteiger partial charge in [-0.05, 0) is 67.5 Å². The molecule has 0 aliphatic carbocycles. The SMILES string of the molecule is C=C(C)c1ccc(C=C[C@@H]2CO[C@H]3[C@@H]2OC[C@H]3OC(=O)/C=C/c2ccc(OCCCCCCOC#CC)cc2)cc1. The van der Waals surface area contributed by atoms with Crippen molar-refractivity contribution in [2.45, 2.75) is 57.8 Å². The summed E-state index contributed by atoms with van der Waals surface area (Å²) in [6.45, 7) is 9.97. The standard InChI is InChI=1S/C35H40O6/c1-4-21-37-22-7-5-6-8-23-38-31-18-12-28(13-19-31)14-20-33(36)41-32-25-40-34-30(24-39-35(32)34)17-11-27-9-15-29(16-10-27)26(2)3/h9-20,30,32,34-35H,2,5-8,22-25H2,1,3H3/b17-11?,20-14+/t30-,32-,34-,35-/m1/s1. The Hall–Kier alpha value is -3.79. The van der Waals surface area contributed by atoms with E-state index in [4.69, 9.17) is 23.7 Å². The van der Waals surface area contributed by atoms with E-state index in [9.17, 15) is 4.79 Å². The van der Waals surface area contributed by atoms with E-state index in [0.717, 1.165) is 53.7 Å². The zero-order valence-electron chi connectivity index (χ0n) is 24.1. The van der Waals surface area contributed by atoms with E-state index in [2.05, 4.69) is 55.0 Å². The number of hydrogen-bond donors (Lipinski definition) is 0. The molecule has 216 valence electrons. The minimum absolute atomic E-state index is 0.112. The second-order valence-electron chi connectivity index (χ2n) is 10.4. The highest BCUT2D eigenvalue weighted by Gasteiger charge is 2.48. The van der Waals surface area contributed by atoms with Crippen LogP contribution in [0.4, 0.5) is 0 Å². The summed E-state index contributed by atoms with van der Waals surface area (Å²) >= 11 is 0. The number of carbonyl (C=O) groups excluding carboxylic acids is 1. The van der Waals surface area contributed by atoms with Gasteiger partial charge in [-0.2, -0.15) is 0 Å². The van der Waals surface area contributed by atoms with E-state index in [1.54, 1.807) is 13.0 Å². The van der Waals surface area contributed by atoms with Crippen LogP contribution in [-0.2, 0) is 23.7 Å². The van der Waals surface area contributed by atoms with Gasteiger partial charge >= 0.3 is 5.97 Å². The van der Waals surface area contributed by atoms with Gasteiger partial charge in [-0.15, -0.1) is 0 Å². The van der Waals surface area contributed by atoms with Crippen molar-refractivity contribution in [2.24, 2.45) is 5.92 Å². The first-order valence-electron chi connectivity index (χ1n) is 14.4. The van der Waals surface area contributed by atoms with E-state index < -0.39 is 12.1 Å². The topological polar surface area (TPSA) is 63.2 Å². The van der Waals surface area contributed by atoms with Crippen LogP contribution in [0.1, 0.15) is 56.2 Å². The van der Waals surface area contributed by atoms with Crippen LogP contribution in [0, 0.1) is 17.9 Å². The average Bonchev–Trinajstić information content (AvgIpc) is 3.57. The maximum absolute atomic E-state index is 12.5. The minimum atomic E-state index is -0.418. The predicted molar refractivity (Wildman–Crippen MR) is 162 cm³/mol. The highest BCUT2D eigenvalue weighted by Crippen LogP contribution is 2.34. The molecule has 2 saturated heterocycles. The van der Waals surface area contributed by atoms with Gasteiger partial charge in [0, 0.05) is 18.9 Å². The highest BCUT2D eigenvalue weighted by atomic mass is 16.6. The van der Waals surface area contributed by atoms with Crippen molar-refractivity contribution in [3.63, 3.8) is 0 Å². The Labute approximate surface area is 244 Å². The van der Waals surface area contributed by atoms with Gasteiger partial charge in [0.25, 0.3) is 0 Å². The lowest BCUT2D eigenvalue weighted by atomic mass is 9.99. The lowest BCUT2D eigenvalue weighted by Gasteiger charge is -2.15. The van der Waals surface area contributed by atoms with Gasteiger partial charge < -0.3 is 23.7 Å². The molecular weight excluding hydrogens is 516 g/mol. The summed E-state index contributed by atoms with van der Waals surface area (Å²) in [5.74, 6) is 3.23. The molecule has 41 heavy (non-hydrogen) atoms. The molecule has 6 nitrogen and oxygen atoms in total. The largest absolute Gasteiger partial charge is 0.494 e. The van der Waals surface area contributed by atoms with Crippen molar-refractivity contribution in [3.05, 3.63) is 84.0 Å². The van der Waals surface area contributed by atoms with Crippen molar-refractivity contribution >= 4 is 23.7 Å². The van der Waals surface area contributed by atoms with Gasteiger partial charge in [-0.25, -0.2) is 4.79 Å². The van der Waals surface area contributed by atoms with E-state index in [1.807, 2.05) is 31.2 Å². The second kappa shape index (κ2) is 15.9. The molecule has 2 aromatic carbocycles. The predicted octanol–water partition coefficient (Wildman–Crippen LogP) is 6.71. The zero-order valence-corrected chi connectivity index (χ0v) is 24.1. The molecule has 0 spiro atoms. The molecule has 2 aliphatic rings. The number of rotatable bonds is 14. The molecule has 0 aromatic heterocycles. The van der Waals surface area contributed by atoms with Gasteiger partial charge in [0.05, 0.1) is 25.9 Å². The molecule has 0 saturated carbocycles. The molecule has 0 N–H and O–H groups in total. The van der Waals surface area contributed by atoms with E-state index in [0.29, 0.717) is 26.4 Å². The third-order valence-corrected chi connectivity index (χ3v) is 7.13. The van der Waals surface area contributed by atoms with Crippen molar-refractivity contribution in [1.82, 2.24) is 0 Å². The average molecular weight is 557 g/mol. The normalized spacial score (nSPS) is 21.4. The first kappa shape index (κ1) is 30.2. The molecule has 6 heteroatoms. The lowest BCUT2D eigenvalue weighted by Crippen LogP contribution is -2.32. The Balaban J connectivity index is 1.15. The van der Waals surface area contributed by atoms with Gasteiger partial charge in [0.15, 0.2) is 6.10 Å². The smallest absolute Gasteiger partial charge is 0.331 e. The number of allylic oxidation sites excluding steroid dienone is 1. The van der Waals surface area contributed by atoms with Crippen molar-refractivity contribution in [3.8, 4) is 17.8 Å². The van der Waals surface area contributed by atoms with Crippen LogP contribution in [0.3, 0.4) is 0 Å². The minimum Gasteiger partial charge on any atom is -0.494 e. The number of carbonyl (C=O) groups is 1. The summed E-state index contributed by atoms with van der Waals surface area (Å²) in [4.78, 5) is 12.5. The Morgan fingerprint density at radius 1 is 0.927 bits per heavy atom. The van der Waals surface area contributed by atoms with Gasteiger partial charge in [-0.3, -0.25) is 0 Å². The Kier molecular flexibility index (Phi) is 11.7. The van der Waals surface area contributed by atoms with Crippen molar-refractivity contribution < 1.29 is 28.5 Å². The Bertz CT molecular complexity index is 1250. The molecule has 2 aliphatic heterocycles. The monoisotopic (exact) mass is 556 g/mol. The molecule has 2 heterocycles. The number of benzene rings is 2.